The van der Waals surface area contributed by atoms with E-state index in [2.05, 4.69) is 19.6 Å². The lowest BCUT2D eigenvalue weighted by Gasteiger charge is -1.99. The first-order valence-corrected chi connectivity index (χ1v) is 3.91. The maximum absolute atomic E-state index is 10.8. The third-order valence-corrected chi connectivity index (χ3v) is 1.53. The molecule has 0 amide bonds. The lowest BCUT2D eigenvalue weighted by Crippen LogP contribution is -2.09. The summed E-state index contributed by atoms with van der Waals surface area (Å²) < 4.78 is 0. The molecule has 0 saturated carbocycles. The summed E-state index contributed by atoms with van der Waals surface area (Å²) in [5.41, 5.74) is 0. The quantitative estimate of drug-likeness (QED) is 0.601. The van der Waals surface area contributed by atoms with E-state index in [1.165, 1.54) is 0 Å². The number of unbranched alkanes of at least 4 members (excludes halogenated alkanes) is 1. The van der Waals surface area contributed by atoms with Gasteiger partial charge >= 0.3 is 0 Å². The summed E-state index contributed by atoms with van der Waals surface area (Å²) in [5.74, 6) is 0.264. The molecule has 0 fully saturated rings. The number of hydrogen-bond acceptors (Lipinski definition) is 2. The molecule has 0 bridgehead atoms. The third-order valence-electron chi connectivity index (χ3n) is 1.24. The van der Waals surface area contributed by atoms with Gasteiger partial charge in [0.05, 0.1) is 5.25 Å². The minimum atomic E-state index is -0.0726. The molecule has 0 aliphatic carbocycles. The molecular formula is C7H14OS. The van der Waals surface area contributed by atoms with Crippen molar-refractivity contribution in [2.75, 3.05) is 0 Å². The van der Waals surface area contributed by atoms with E-state index in [-0.39, 0.29) is 11.0 Å². The average Bonchev–Trinajstić information content (AvgIpc) is 1.82. The van der Waals surface area contributed by atoms with Gasteiger partial charge in [0.1, 0.15) is 5.78 Å². The number of thiol groups is 1. The topological polar surface area (TPSA) is 17.1 Å². The monoisotopic (exact) mass is 146 g/mol. The molecule has 0 heterocycles. The molecule has 0 spiro atoms. The van der Waals surface area contributed by atoms with Crippen molar-refractivity contribution in [1.82, 2.24) is 0 Å². The first-order chi connectivity index (χ1) is 4.18. The van der Waals surface area contributed by atoms with Gasteiger partial charge in [-0.05, 0) is 13.3 Å². The van der Waals surface area contributed by atoms with Crippen molar-refractivity contribution in [2.24, 2.45) is 0 Å². The lowest BCUT2D eigenvalue weighted by molar-refractivity contribution is -0.118. The highest BCUT2D eigenvalue weighted by atomic mass is 32.1. The Morgan fingerprint density at radius 1 is 1.67 bits per heavy atom. The van der Waals surface area contributed by atoms with E-state index in [1.54, 1.807) is 0 Å². The summed E-state index contributed by atoms with van der Waals surface area (Å²) in [5, 5.41) is -0.0726. The van der Waals surface area contributed by atoms with Crippen LogP contribution in [0.4, 0.5) is 0 Å². The van der Waals surface area contributed by atoms with Crippen molar-refractivity contribution in [3.05, 3.63) is 0 Å². The van der Waals surface area contributed by atoms with Crippen LogP contribution in [-0.2, 0) is 4.79 Å². The van der Waals surface area contributed by atoms with E-state index in [1.807, 2.05) is 6.92 Å². The highest BCUT2D eigenvalue weighted by Gasteiger charge is 2.05. The minimum Gasteiger partial charge on any atom is -0.298 e. The van der Waals surface area contributed by atoms with Crippen molar-refractivity contribution < 1.29 is 4.79 Å². The van der Waals surface area contributed by atoms with E-state index in [0.717, 1.165) is 12.8 Å². The molecule has 0 aromatic heterocycles. The largest absolute Gasteiger partial charge is 0.298 e. The van der Waals surface area contributed by atoms with Crippen molar-refractivity contribution in [3.8, 4) is 0 Å². The smallest absolute Gasteiger partial charge is 0.145 e. The van der Waals surface area contributed by atoms with Crippen LogP contribution in [0.1, 0.15) is 33.1 Å². The molecule has 0 aromatic carbocycles. The van der Waals surface area contributed by atoms with E-state index >= 15 is 0 Å². The van der Waals surface area contributed by atoms with E-state index in [9.17, 15) is 4.79 Å². The van der Waals surface area contributed by atoms with Gasteiger partial charge in [-0.15, -0.1) is 0 Å². The van der Waals surface area contributed by atoms with Gasteiger partial charge < -0.3 is 0 Å². The second-order valence-electron chi connectivity index (χ2n) is 2.25. The molecule has 1 atom stereocenters. The fourth-order valence-corrected chi connectivity index (χ4v) is 0.689. The van der Waals surface area contributed by atoms with Gasteiger partial charge in [0.25, 0.3) is 0 Å². The van der Waals surface area contributed by atoms with Gasteiger partial charge in [0.2, 0.25) is 0 Å². The predicted octanol–water partition coefficient (Wildman–Crippen LogP) is 2.06. The van der Waals surface area contributed by atoms with Crippen LogP contribution in [-0.4, -0.2) is 11.0 Å². The highest BCUT2D eigenvalue weighted by molar-refractivity contribution is 7.81. The SMILES string of the molecule is CCCCC(=O)C(C)S. The zero-order valence-corrected chi connectivity index (χ0v) is 6.95. The van der Waals surface area contributed by atoms with E-state index in [4.69, 9.17) is 0 Å². The average molecular weight is 146 g/mol. The molecule has 0 rings (SSSR count). The summed E-state index contributed by atoms with van der Waals surface area (Å²) in [6.07, 6.45) is 2.79. The van der Waals surface area contributed by atoms with Crippen molar-refractivity contribution in [3.63, 3.8) is 0 Å². The predicted molar refractivity (Wildman–Crippen MR) is 43.0 cm³/mol. The number of carbonyl (C=O) groups excluding carboxylic acids is 1. The fourth-order valence-electron chi connectivity index (χ4n) is 0.560. The van der Waals surface area contributed by atoms with Crippen molar-refractivity contribution in [1.29, 1.82) is 0 Å². The normalized spacial score (nSPS) is 13.2. The second kappa shape index (κ2) is 4.86. The zero-order chi connectivity index (χ0) is 7.28. The summed E-state index contributed by atoms with van der Waals surface area (Å²) in [7, 11) is 0. The molecule has 0 aliphatic rings. The Bertz CT molecular complexity index is 88.9. The van der Waals surface area contributed by atoms with Gasteiger partial charge in [-0.2, -0.15) is 12.6 Å². The van der Waals surface area contributed by atoms with Crippen molar-refractivity contribution >= 4 is 18.4 Å². The van der Waals surface area contributed by atoms with Crippen LogP contribution in [0.3, 0.4) is 0 Å². The van der Waals surface area contributed by atoms with Crippen LogP contribution in [0.15, 0.2) is 0 Å². The van der Waals surface area contributed by atoms with Gasteiger partial charge in [0.15, 0.2) is 0 Å². The summed E-state index contributed by atoms with van der Waals surface area (Å²) in [4.78, 5) is 10.8. The number of hydrogen-bond donors (Lipinski definition) is 1. The maximum Gasteiger partial charge on any atom is 0.145 e. The third kappa shape index (κ3) is 4.52. The lowest BCUT2D eigenvalue weighted by atomic mass is 10.1. The number of rotatable bonds is 4. The number of carbonyl (C=O) groups is 1. The van der Waals surface area contributed by atoms with Gasteiger partial charge in [-0.25, -0.2) is 0 Å². The molecule has 9 heavy (non-hydrogen) atoms. The first kappa shape index (κ1) is 9.02. The highest BCUT2D eigenvalue weighted by Crippen LogP contribution is 2.02. The number of ketones is 1. The Morgan fingerprint density at radius 3 is 2.56 bits per heavy atom. The molecule has 0 saturated heterocycles. The van der Waals surface area contributed by atoms with Crippen LogP contribution in [0, 0.1) is 0 Å². The first-order valence-electron chi connectivity index (χ1n) is 3.39. The molecule has 54 valence electrons. The van der Waals surface area contributed by atoms with Crippen LogP contribution in [0.5, 0.6) is 0 Å². The van der Waals surface area contributed by atoms with Crippen LogP contribution in [0.25, 0.3) is 0 Å². The Labute approximate surface area is 62.2 Å². The fraction of sp³-hybridized carbons (Fsp3) is 0.857. The van der Waals surface area contributed by atoms with Gasteiger partial charge in [0, 0.05) is 6.42 Å². The summed E-state index contributed by atoms with van der Waals surface area (Å²) >= 11 is 4.02. The maximum atomic E-state index is 10.8. The Balaban J connectivity index is 3.28. The molecule has 1 nitrogen and oxygen atoms in total. The van der Waals surface area contributed by atoms with Crippen LogP contribution in [0.2, 0.25) is 0 Å². The Morgan fingerprint density at radius 2 is 2.22 bits per heavy atom. The summed E-state index contributed by atoms with van der Waals surface area (Å²) in [6.45, 7) is 3.90. The number of Topliss-reactive ketones (excluding diaryl/α,β-unsaturated/α-hetero) is 1. The zero-order valence-electron chi connectivity index (χ0n) is 6.05. The van der Waals surface area contributed by atoms with Crippen LogP contribution >= 0.6 is 12.6 Å². The molecule has 1 unspecified atom stereocenters. The van der Waals surface area contributed by atoms with E-state index < -0.39 is 0 Å². The molecule has 0 radical (unpaired) electrons. The second-order valence-corrected chi connectivity index (χ2v) is 3.02. The van der Waals surface area contributed by atoms with Gasteiger partial charge in [-0.1, -0.05) is 13.3 Å². The Kier molecular flexibility index (Phi) is 4.87. The summed E-state index contributed by atoms with van der Waals surface area (Å²) in [6, 6.07) is 0. The molecular weight excluding hydrogens is 132 g/mol. The van der Waals surface area contributed by atoms with Crippen molar-refractivity contribution in [2.45, 2.75) is 38.4 Å². The van der Waals surface area contributed by atoms with Gasteiger partial charge in [-0.3, -0.25) is 4.79 Å². The molecule has 0 aromatic rings. The molecule has 0 aliphatic heterocycles. The minimum absolute atomic E-state index is 0.0726. The van der Waals surface area contributed by atoms with E-state index in [0.29, 0.717) is 6.42 Å². The molecule has 2 heteroatoms. The van der Waals surface area contributed by atoms with Crippen LogP contribution < -0.4 is 0 Å². The standard InChI is InChI=1S/C7H14OS/c1-3-4-5-7(8)6(2)9/h6,9H,3-5H2,1-2H3. The Hall–Kier alpha value is 0.0200. The molecule has 0 N–H and O–H groups in total.